The Hall–Kier alpha value is -4.60. The van der Waals surface area contributed by atoms with Crippen LogP contribution in [0, 0.1) is 15.9 Å². The lowest BCUT2D eigenvalue weighted by atomic mass is 9.83. The number of hydrogen-bond donors (Lipinski definition) is 3. The van der Waals surface area contributed by atoms with Gasteiger partial charge in [-0.2, -0.15) is 4.39 Å². The molecular formula is C31H32FN3O6. The van der Waals surface area contributed by atoms with Crippen molar-refractivity contribution in [3.63, 3.8) is 0 Å². The van der Waals surface area contributed by atoms with Crippen molar-refractivity contribution >= 4 is 29.2 Å². The Morgan fingerprint density at radius 1 is 0.976 bits per heavy atom. The molecule has 9 nitrogen and oxygen atoms in total. The van der Waals surface area contributed by atoms with Gasteiger partial charge in [0.2, 0.25) is 11.7 Å². The van der Waals surface area contributed by atoms with Crippen molar-refractivity contribution in [2.45, 2.75) is 56.8 Å². The maximum Gasteiger partial charge on any atom is 0.306 e. The van der Waals surface area contributed by atoms with E-state index in [1.54, 1.807) is 24.3 Å². The van der Waals surface area contributed by atoms with Crippen LogP contribution in [-0.4, -0.2) is 34.4 Å². The number of hydrogen-bond acceptors (Lipinski definition) is 5. The van der Waals surface area contributed by atoms with Gasteiger partial charge < -0.3 is 15.7 Å². The molecule has 0 aliphatic heterocycles. The number of carboxylic acid groups (broad SMARTS) is 1. The van der Waals surface area contributed by atoms with E-state index < -0.39 is 40.1 Å². The van der Waals surface area contributed by atoms with E-state index in [0.29, 0.717) is 11.5 Å². The summed E-state index contributed by atoms with van der Waals surface area (Å²) < 4.78 is 13.8. The molecule has 4 rings (SSSR count). The minimum Gasteiger partial charge on any atom is -0.481 e. The number of carbonyl (C=O) groups is 3. The number of aliphatic carboxylic acids is 1. The van der Waals surface area contributed by atoms with Gasteiger partial charge in [0.25, 0.3) is 5.91 Å². The van der Waals surface area contributed by atoms with Crippen molar-refractivity contribution in [1.29, 1.82) is 0 Å². The molecule has 41 heavy (non-hydrogen) atoms. The first-order valence-electron chi connectivity index (χ1n) is 13.6. The lowest BCUT2D eigenvalue weighted by Crippen LogP contribution is -2.26. The van der Waals surface area contributed by atoms with E-state index in [2.05, 4.69) is 22.8 Å². The number of carbonyl (C=O) groups excluding carboxylic acids is 2. The summed E-state index contributed by atoms with van der Waals surface area (Å²) in [4.78, 5) is 46.9. The van der Waals surface area contributed by atoms with Gasteiger partial charge in [0.1, 0.15) is 0 Å². The summed E-state index contributed by atoms with van der Waals surface area (Å²) in [5, 5.41) is 25.2. The van der Waals surface area contributed by atoms with Crippen LogP contribution in [0.25, 0.3) is 0 Å². The van der Waals surface area contributed by atoms with Gasteiger partial charge >= 0.3 is 11.7 Å². The molecule has 1 unspecified atom stereocenters. The Morgan fingerprint density at radius 2 is 1.66 bits per heavy atom. The molecule has 3 aromatic carbocycles. The first kappa shape index (κ1) is 29.4. The largest absolute Gasteiger partial charge is 0.481 e. The van der Waals surface area contributed by atoms with Crippen molar-refractivity contribution in [3.8, 4) is 0 Å². The summed E-state index contributed by atoms with van der Waals surface area (Å²) in [5.74, 6) is -2.98. The van der Waals surface area contributed by atoms with E-state index in [9.17, 15) is 28.9 Å². The predicted octanol–water partition coefficient (Wildman–Crippen LogP) is 5.95. The summed E-state index contributed by atoms with van der Waals surface area (Å²) >= 11 is 0. The van der Waals surface area contributed by atoms with E-state index in [0.717, 1.165) is 36.1 Å². The minimum atomic E-state index is -1.01. The first-order valence-corrected chi connectivity index (χ1v) is 13.6. The van der Waals surface area contributed by atoms with Crippen LogP contribution >= 0.6 is 0 Å². The Morgan fingerprint density at radius 3 is 2.29 bits per heavy atom. The van der Waals surface area contributed by atoms with Gasteiger partial charge in [-0.1, -0.05) is 55.7 Å². The van der Waals surface area contributed by atoms with Crippen LogP contribution in [0.1, 0.15) is 77.4 Å². The molecule has 0 radical (unpaired) electrons. The van der Waals surface area contributed by atoms with Crippen LogP contribution in [-0.2, 0) is 16.0 Å². The molecule has 1 fully saturated rings. The third kappa shape index (κ3) is 7.97. The molecule has 3 N–H and O–H groups in total. The highest BCUT2D eigenvalue weighted by atomic mass is 19.1. The molecule has 0 aromatic heterocycles. The van der Waals surface area contributed by atoms with Crippen molar-refractivity contribution < 1.29 is 28.8 Å². The quantitative estimate of drug-likeness (QED) is 0.195. The molecule has 0 heterocycles. The highest BCUT2D eigenvalue weighted by Crippen LogP contribution is 2.34. The van der Waals surface area contributed by atoms with E-state index in [1.807, 2.05) is 12.1 Å². The highest BCUT2D eigenvalue weighted by Gasteiger charge is 2.24. The number of carboxylic acids is 1. The van der Waals surface area contributed by atoms with Gasteiger partial charge in [-0.3, -0.25) is 24.5 Å². The number of nitrogens with zero attached hydrogens (tertiary/aromatic N) is 1. The second-order valence-electron chi connectivity index (χ2n) is 10.3. The zero-order chi connectivity index (χ0) is 29.4. The molecule has 0 spiro atoms. The van der Waals surface area contributed by atoms with Gasteiger partial charge in [0, 0.05) is 23.9 Å². The van der Waals surface area contributed by atoms with Gasteiger partial charge in [0.05, 0.1) is 17.3 Å². The lowest BCUT2D eigenvalue weighted by Gasteiger charge is -2.23. The minimum absolute atomic E-state index is 0.0105. The maximum atomic E-state index is 13.8. The number of benzene rings is 3. The first-order chi connectivity index (χ1) is 19.7. The number of halogens is 1. The van der Waals surface area contributed by atoms with Gasteiger partial charge in [-0.25, -0.2) is 0 Å². The Balaban J connectivity index is 1.55. The van der Waals surface area contributed by atoms with Crippen LogP contribution in [0.15, 0.2) is 66.7 Å². The molecule has 1 aliphatic carbocycles. The van der Waals surface area contributed by atoms with Crippen molar-refractivity contribution in [3.05, 3.63) is 105 Å². The normalized spacial score (nSPS) is 14.2. The number of anilines is 1. The smallest absolute Gasteiger partial charge is 0.306 e. The van der Waals surface area contributed by atoms with Gasteiger partial charge in [0.15, 0.2) is 0 Å². The van der Waals surface area contributed by atoms with Crippen LogP contribution in [0.2, 0.25) is 0 Å². The number of nitrogens with one attached hydrogen (secondary N) is 2. The number of nitro benzene ring substituents is 1. The number of nitro groups is 1. The molecule has 10 heteroatoms. The second kappa shape index (κ2) is 13.6. The Kier molecular flexibility index (Phi) is 9.78. The zero-order valence-corrected chi connectivity index (χ0v) is 22.5. The van der Waals surface area contributed by atoms with Crippen molar-refractivity contribution in [2.24, 2.45) is 0 Å². The third-order valence-corrected chi connectivity index (χ3v) is 7.42. The number of rotatable bonds is 11. The molecule has 214 valence electrons. The molecule has 1 aliphatic rings. The third-order valence-electron chi connectivity index (χ3n) is 7.42. The Bertz CT molecular complexity index is 1400. The molecule has 1 saturated carbocycles. The van der Waals surface area contributed by atoms with Gasteiger partial charge in [-0.05, 0) is 66.1 Å². The van der Waals surface area contributed by atoms with E-state index in [1.165, 1.54) is 30.9 Å². The van der Waals surface area contributed by atoms with Crippen LogP contribution in [0.3, 0.4) is 0 Å². The zero-order valence-electron chi connectivity index (χ0n) is 22.5. The topological polar surface area (TPSA) is 139 Å². The van der Waals surface area contributed by atoms with Crippen LogP contribution in [0.5, 0.6) is 0 Å². The summed E-state index contributed by atoms with van der Waals surface area (Å²) in [6, 6.07) is 17.9. The van der Waals surface area contributed by atoms with E-state index >= 15 is 0 Å². The highest BCUT2D eigenvalue weighted by molar-refractivity contribution is 5.96. The predicted molar refractivity (Wildman–Crippen MR) is 151 cm³/mol. The fourth-order valence-corrected chi connectivity index (χ4v) is 5.17. The standard InChI is InChI=1S/C31H32FN3O6/c32-27-15-14-25(19-28(27)35(40)41)34-31(39)26(23-12-10-22(11-13-23)21-4-2-1-3-5-21)18-20-6-8-24(9-7-20)30(38)33-17-16-29(36)37/h6-15,19,21,26H,1-5,16-18H2,(H,33,38)(H,34,39)(H,36,37). The molecule has 2 amide bonds. The average molecular weight is 562 g/mol. The monoisotopic (exact) mass is 561 g/mol. The summed E-state index contributed by atoms with van der Waals surface area (Å²) in [5.41, 5.74) is 2.51. The summed E-state index contributed by atoms with van der Waals surface area (Å²) in [6.07, 6.45) is 6.03. The average Bonchev–Trinajstić information content (AvgIpc) is 2.97. The molecule has 0 bridgehead atoms. The van der Waals surface area contributed by atoms with Crippen molar-refractivity contribution in [2.75, 3.05) is 11.9 Å². The lowest BCUT2D eigenvalue weighted by molar-refractivity contribution is -0.387. The fraction of sp³-hybridized carbons (Fsp3) is 0.323. The molecule has 3 aromatic rings. The number of amides is 2. The van der Waals surface area contributed by atoms with E-state index in [-0.39, 0.29) is 25.1 Å². The molecule has 0 saturated heterocycles. The Labute approximate surface area is 236 Å². The van der Waals surface area contributed by atoms with Crippen LogP contribution < -0.4 is 10.6 Å². The van der Waals surface area contributed by atoms with E-state index in [4.69, 9.17) is 5.11 Å². The molecule has 1 atom stereocenters. The van der Waals surface area contributed by atoms with Gasteiger partial charge in [-0.15, -0.1) is 0 Å². The second-order valence-corrected chi connectivity index (χ2v) is 10.3. The SMILES string of the molecule is O=C(O)CCNC(=O)c1ccc(CC(C(=O)Nc2ccc(F)c([N+](=O)[O-])c2)c2ccc(C3CCCCC3)cc2)cc1. The fourth-order valence-electron chi connectivity index (χ4n) is 5.17. The summed E-state index contributed by atoms with van der Waals surface area (Å²) in [6.45, 7) is 0.0105. The van der Waals surface area contributed by atoms with Crippen molar-refractivity contribution in [1.82, 2.24) is 5.32 Å². The van der Waals surface area contributed by atoms with Crippen LogP contribution in [0.4, 0.5) is 15.8 Å². The summed E-state index contributed by atoms with van der Waals surface area (Å²) in [7, 11) is 0. The maximum absolute atomic E-state index is 13.8. The molecular weight excluding hydrogens is 529 g/mol.